The molecule has 0 aliphatic carbocycles. The fraction of sp³-hybridized carbons (Fsp3) is 0.600. The Kier molecular flexibility index (Phi) is 3.40. The number of nitrogens with one attached hydrogen (secondary N) is 1. The standard InChI is InChI=1S/C10H14F3N3/c1-4-9(2,3)16-8-14-6-5-7(15-8)10(11,12)13/h5-6H,4H2,1-3H3,(H,14,15,16). The van der Waals surface area contributed by atoms with Crippen molar-refractivity contribution in [2.75, 3.05) is 5.32 Å². The maximum Gasteiger partial charge on any atom is 0.433 e. The van der Waals surface area contributed by atoms with Crippen LogP contribution in [-0.4, -0.2) is 15.5 Å². The van der Waals surface area contributed by atoms with Crippen LogP contribution in [0.1, 0.15) is 32.9 Å². The molecule has 16 heavy (non-hydrogen) atoms. The molecule has 0 unspecified atom stereocenters. The summed E-state index contributed by atoms with van der Waals surface area (Å²) in [6.45, 7) is 5.67. The summed E-state index contributed by atoms with van der Waals surface area (Å²) in [6, 6.07) is 0.851. The zero-order chi connectivity index (χ0) is 12.4. The molecule has 1 aromatic rings. The molecule has 0 aromatic carbocycles. The first-order chi connectivity index (χ1) is 7.24. The predicted molar refractivity (Wildman–Crippen MR) is 55.0 cm³/mol. The molecule has 1 N–H and O–H groups in total. The first-order valence-electron chi connectivity index (χ1n) is 4.93. The Hall–Kier alpha value is -1.33. The molecule has 1 rings (SSSR count). The molecule has 0 aliphatic rings. The van der Waals surface area contributed by atoms with Crippen LogP contribution < -0.4 is 5.32 Å². The second-order valence-electron chi connectivity index (χ2n) is 4.13. The van der Waals surface area contributed by atoms with Crippen LogP contribution in [0.25, 0.3) is 0 Å². The Morgan fingerprint density at radius 3 is 2.44 bits per heavy atom. The summed E-state index contributed by atoms with van der Waals surface area (Å²) in [7, 11) is 0. The van der Waals surface area contributed by atoms with E-state index >= 15 is 0 Å². The van der Waals surface area contributed by atoms with E-state index in [2.05, 4.69) is 15.3 Å². The fourth-order valence-electron chi connectivity index (χ4n) is 0.968. The van der Waals surface area contributed by atoms with Crippen LogP contribution in [0.15, 0.2) is 12.3 Å². The molecular formula is C10H14F3N3. The number of halogens is 3. The molecule has 0 atom stereocenters. The Balaban J connectivity index is 2.92. The first-order valence-corrected chi connectivity index (χ1v) is 4.93. The van der Waals surface area contributed by atoms with E-state index in [0.29, 0.717) is 0 Å². The average Bonchev–Trinajstić information content (AvgIpc) is 2.16. The van der Waals surface area contributed by atoms with Gasteiger partial charge in [-0.05, 0) is 26.3 Å². The van der Waals surface area contributed by atoms with Gasteiger partial charge < -0.3 is 5.32 Å². The summed E-state index contributed by atoms with van der Waals surface area (Å²) < 4.78 is 37.1. The summed E-state index contributed by atoms with van der Waals surface area (Å²) in [4.78, 5) is 7.19. The number of alkyl halides is 3. The second-order valence-corrected chi connectivity index (χ2v) is 4.13. The van der Waals surface area contributed by atoms with Crippen molar-refractivity contribution < 1.29 is 13.2 Å². The number of hydrogen-bond donors (Lipinski definition) is 1. The molecule has 0 aliphatic heterocycles. The zero-order valence-corrected chi connectivity index (χ0v) is 9.39. The Morgan fingerprint density at radius 2 is 1.94 bits per heavy atom. The SMILES string of the molecule is CCC(C)(C)Nc1nccc(C(F)(F)F)n1. The van der Waals surface area contributed by atoms with Gasteiger partial charge in [-0.2, -0.15) is 13.2 Å². The molecule has 3 nitrogen and oxygen atoms in total. The highest BCUT2D eigenvalue weighted by Gasteiger charge is 2.33. The van der Waals surface area contributed by atoms with Gasteiger partial charge in [-0.25, -0.2) is 9.97 Å². The lowest BCUT2D eigenvalue weighted by Crippen LogP contribution is -2.31. The molecule has 90 valence electrons. The first kappa shape index (κ1) is 12.7. The van der Waals surface area contributed by atoms with Gasteiger partial charge >= 0.3 is 6.18 Å². The Morgan fingerprint density at radius 1 is 1.31 bits per heavy atom. The van der Waals surface area contributed by atoms with Crippen molar-refractivity contribution in [1.29, 1.82) is 0 Å². The molecule has 0 saturated heterocycles. The van der Waals surface area contributed by atoms with Crippen LogP contribution in [0, 0.1) is 0 Å². The topological polar surface area (TPSA) is 37.8 Å². The van der Waals surface area contributed by atoms with Crippen LogP contribution in [-0.2, 0) is 6.18 Å². The highest BCUT2D eigenvalue weighted by atomic mass is 19.4. The lowest BCUT2D eigenvalue weighted by Gasteiger charge is -2.24. The van der Waals surface area contributed by atoms with Gasteiger partial charge in [-0.3, -0.25) is 0 Å². The van der Waals surface area contributed by atoms with Crippen molar-refractivity contribution in [3.05, 3.63) is 18.0 Å². The zero-order valence-electron chi connectivity index (χ0n) is 9.39. The van der Waals surface area contributed by atoms with E-state index in [9.17, 15) is 13.2 Å². The lowest BCUT2D eigenvalue weighted by molar-refractivity contribution is -0.141. The quantitative estimate of drug-likeness (QED) is 0.871. The Bertz CT molecular complexity index is 361. The van der Waals surface area contributed by atoms with Gasteiger partial charge in [0.1, 0.15) is 5.69 Å². The number of nitrogens with zero attached hydrogens (tertiary/aromatic N) is 2. The molecule has 0 radical (unpaired) electrons. The van der Waals surface area contributed by atoms with Gasteiger partial charge in [0.15, 0.2) is 0 Å². The molecule has 0 spiro atoms. The van der Waals surface area contributed by atoms with Crippen molar-refractivity contribution in [1.82, 2.24) is 9.97 Å². The number of hydrogen-bond acceptors (Lipinski definition) is 3. The van der Waals surface area contributed by atoms with Crippen molar-refractivity contribution in [3.8, 4) is 0 Å². The van der Waals surface area contributed by atoms with E-state index < -0.39 is 11.9 Å². The highest BCUT2D eigenvalue weighted by Crippen LogP contribution is 2.28. The van der Waals surface area contributed by atoms with Crippen LogP contribution >= 0.6 is 0 Å². The molecule has 0 fully saturated rings. The van der Waals surface area contributed by atoms with Gasteiger partial charge in [-0.1, -0.05) is 6.92 Å². The minimum Gasteiger partial charge on any atom is -0.349 e. The third-order valence-electron chi connectivity index (χ3n) is 2.28. The highest BCUT2D eigenvalue weighted by molar-refractivity contribution is 5.29. The summed E-state index contributed by atoms with van der Waals surface area (Å²) >= 11 is 0. The van der Waals surface area contributed by atoms with Crippen molar-refractivity contribution in [3.63, 3.8) is 0 Å². The van der Waals surface area contributed by atoms with Gasteiger partial charge in [0, 0.05) is 11.7 Å². The van der Waals surface area contributed by atoms with E-state index in [1.165, 1.54) is 0 Å². The van der Waals surface area contributed by atoms with E-state index in [1.807, 2.05) is 20.8 Å². The minimum atomic E-state index is -4.43. The largest absolute Gasteiger partial charge is 0.433 e. The maximum absolute atomic E-state index is 12.4. The van der Waals surface area contributed by atoms with Crippen LogP contribution in [0.4, 0.5) is 19.1 Å². The average molecular weight is 233 g/mol. The van der Waals surface area contributed by atoms with Gasteiger partial charge in [-0.15, -0.1) is 0 Å². The van der Waals surface area contributed by atoms with Crippen molar-refractivity contribution >= 4 is 5.95 Å². The molecule has 0 saturated carbocycles. The van der Waals surface area contributed by atoms with E-state index in [-0.39, 0.29) is 11.5 Å². The van der Waals surface area contributed by atoms with E-state index in [4.69, 9.17) is 0 Å². The molecule has 1 aromatic heterocycles. The van der Waals surface area contributed by atoms with Gasteiger partial charge in [0.25, 0.3) is 0 Å². The van der Waals surface area contributed by atoms with Gasteiger partial charge in [0.2, 0.25) is 5.95 Å². The van der Waals surface area contributed by atoms with Crippen molar-refractivity contribution in [2.24, 2.45) is 0 Å². The number of anilines is 1. The number of rotatable bonds is 3. The maximum atomic E-state index is 12.4. The molecule has 0 bridgehead atoms. The normalized spacial score (nSPS) is 12.6. The summed E-state index contributed by atoms with van der Waals surface area (Å²) in [5.74, 6) is 0.00155. The minimum absolute atomic E-state index is 0.00155. The van der Waals surface area contributed by atoms with Crippen LogP contribution in [0.2, 0.25) is 0 Å². The van der Waals surface area contributed by atoms with Crippen LogP contribution in [0.5, 0.6) is 0 Å². The van der Waals surface area contributed by atoms with Crippen molar-refractivity contribution in [2.45, 2.75) is 38.9 Å². The smallest absolute Gasteiger partial charge is 0.349 e. The van der Waals surface area contributed by atoms with Crippen LogP contribution in [0.3, 0.4) is 0 Å². The summed E-state index contributed by atoms with van der Waals surface area (Å²) in [5, 5.41) is 2.86. The van der Waals surface area contributed by atoms with E-state index in [0.717, 1.165) is 18.7 Å². The monoisotopic (exact) mass is 233 g/mol. The van der Waals surface area contributed by atoms with E-state index in [1.54, 1.807) is 0 Å². The second kappa shape index (κ2) is 4.27. The third-order valence-corrected chi connectivity index (χ3v) is 2.28. The van der Waals surface area contributed by atoms with Gasteiger partial charge in [0.05, 0.1) is 0 Å². The molecule has 1 heterocycles. The molecule has 6 heteroatoms. The molecular weight excluding hydrogens is 219 g/mol. The predicted octanol–water partition coefficient (Wildman–Crippen LogP) is 3.10. The lowest BCUT2D eigenvalue weighted by atomic mass is 10.0. The summed E-state index contributed by atoms with van der Waals surface area (Å²) in [6.07, 6.45) is -2.58. The third kappa shape index (κ3) is 3.36. The fourth-order valence-corrected chi connectivity index (χ4v) is 0.968. The number of aromatic nitrogens is 2. The Labute approximate surface area is 92.1 Å². The summed E-state index contributed by atoms with van der Waals surface area (Å²) in [5.41, 5.74) is -1.26. The molecule has 0 amide bonds.